The Morgan fingerprint density at radius 3 is 3.06 bits per heavy atom. The number of amides is 1. The van der Waals surface area contributed by atoms with E-state index in [-0.39, 0.29) is 0 Å². The highest BCUT2D eigenvalue weighted by Gasteiger charge is 2.43. The van der Waals surface area contributed by atoms with Gasteiger partial charge in [-0.15, -0.1) is 6.58 Å². The Labute approximate surface area is 103 Å². The van der Waals surface area contributed by atoms with Crippen LogP contribution in [0.15, 0.2) is 12.7 Å². The second kappa shape index (κ2) is 4.45. The monoisotopic (exact) mass is 234 g/mol. The summed E-state index contributed by atoms with van der Waals surface area (Å²) in [6.07, 6.45) is 6.45. The second-order valence-corrected chi connectivity index (χ2v) is 5.87. The van der Waals surface area contributed by atoms with Crippen molar-refractivity contribution in [2.45, 2.75) is 31.7 Å². The average molecular weight is 234 g/mol. The number of fused-ring (bicyclic) bond motifs is 4. The van der Waals surface area contributed by atoms with Crippen LogP contribution < -0.4 is 0 Å². The molecule has 3 fully saturated rings. The van der Waals surface area contributed by atoms with E-state index in [0.717, 1.165) is 39.0 Å². The van der Waals surface area contributed by atoms with Gasteiger partial charge in [0, 0.05) is 38.6 Å². The van der Waals surface area contributed by atoms with Gasteiger partial charge in [-0.25, -0.2) is 0 Å². The molecule has 3 nitrogen and oxygen atoms in total. The lowest BCUT2D eigenvalue weighted by atomic mass is 9.76. The van der Waals surface area contributed by atoms with Crippen LogP contribution in [0.25, 0.3) is 0 Å². The smallest absolute Gasteiger partial charge is 0.222 e. The summed E-state index contributed by atoms with van der Waals surface area (Å²) < 4.78 is 0. The fraction of sp³-hybridized carbons (Fsp3) is 0.786. The normalized spacial score (nSPS) is 37.8. The van der Waals surface area contributed by atoms with Crippen molar-refractivity contribution in [3.8, 4) is 0 Å². The fourth-order valence-electron chi connectivity index (χ4n) is 4.04. The lowest BCUT2D eigenvalue weighted by molar-refractivity contribution is -0.144. The van der Waals surface area contributed by atoms with Crippen molar-refractivity contribution in [2.75, 3.05) is 26.2 Å². The highest BCUT2D eigenvalue weighted by molar-refractivity contribution is 5.77. The van der Waals surface area contributed by atoms with Crippen molar-refractivity contribution in [1.29, 1.82) is 0 Å². The van der Waals surface area contributed by atoms with E-state index < -0.39 is 0 Å². The van der Waals surface area contributed by atoms with E-state index in [0.29, 0.717) is 23.8 Å². The second-order valence-electron chi connectivity index (χ2n) is 5.87. The topological polar surface area (TPSA) is 23.6 Å². The third-order valence-electron chi connectivity index (χ3n) is 4.64. The van der Waals surface area contributed by atoms with E-state index in [9.17, 15) is 4.79 Å². The molecule has 3 heterocycles. The van der Waals surface area contributed by atoms with Crippen LogP contribution in [0.4, 0.5) is 0 Å². The first-order valence-electron chi connectivity index (χ1n) is 6.90. The predicted molar refractivity (Wildman–Crippen MR) is 67.6 cm³/mol. The van der Waals surface area contributed by atoms with Crippen molar-refractivity contribution in [3.05, 3.63) is 12.7 Å². The first kappa shape index (κ1) is 11.3. The Balaban J connectivity index is 1.75. The van der Waals surface area contributed by atoms with E-state index in [2.05, 4.69) is 16.4 Å². The van der Waals surface area contributed by atoms with Gasteiger partial charge >= 0.3 is 0 Å². The first-order chi connectivity index (χ1) is 8.28. The van der Waals surface area contributed by atoms with Crippen LogP contribution >= 0.6 is 0 Å². The number of hydrogen-bond acceptors (Lipinski definition) is 2. The SMILES string of the molecule is C=CCN1CC2CC(C1)C1CCCC(=O)N1C2. The van der Waals surface area contributed by atoms with Crippen molar-refractivity contribution >= 4 is 5.91 Å². The lowest BCUT2D eigenvalue weighted by Gasteiger charge is -2.52. The van der Waals surface area contributed by atoms with Gasteiger partial charge in [0.25, 0.3) is 0 Å². The van der Waals surface area contributed by atoms with Crippen molar-refractivity contribution in [2.24, 2.45) is 11.8 Å². The Kier molecular flexibility index (Phi) is 2.95. The highest BCUT2D eigenvalue weighted by Crippen LogP contribution is 2.37. The molecule has 0 N–H and O–H groups in total. The van der Waals surface area contributed by atoms with Crippen molar-refractivity contribution in [3.63, 3.8) is 0 Å². The summed E-state index contributed by atoms with van der Waals surface area (Å²) in [7, 11) is 0. The van der Waals surface area contributed by atoms with Gasteiger partial charge in [0.15, 0.2) is 0 Å². The zero-order chi connectivity index (χ0) is 11.8. The van der Waals surface area contributed by atoms with Gasteiger partial charge in [-0.2, -0.15) is 0 Å². The van der Waals surface area contributed by atoms with Gasteiger partial charge < -0.3 is 4.90 Å². The largest absolute Gasteiger partial charge is 0.339 e. The van der Waals surface area contributed by atoms with Crippen LogP contribution in [0.1, 0.15) is 25.7 Å². The fourth-order valence-corrected chi connectivity index (χ4v) is 4.04. The van der Waals surface area contributed by atoms with Gasteiger partial charge in [-0.3, -0.25) is 9.69 Å². The zero-order valence-electron chi connectivity index (χ0n) is 10.5. The highest BCUT2D eigenvalue weighted by atomic mass is 16.2. The van der Waals surface area contributed by atoms with Crippen LogP contribution in [-0.4, -0.2) is 47.9 Å². The number of piperidine rings is 3. The number of hydrogen-bond donors (Lipinski definition) is 0. The number of carbonyl (C=O) groups excluding carboxylic acids is 1. The molecule has 17 heavy (non-hydrogen) atoms. The molecular weight excluding hydrogens is 212 g/mol. The predicted octanol–water partition coefficient (Wildman–Crippen LogP) is 1.51. The molecule has 3 aliphatic heterocycles. The van der Waals surface area contributed by atoms with E-state index >= 15 is 0 Å². The Bertz CT molecular complexity index is 328. The molecule has 0 aromatic rings. The van der Waals surface area contributed by atoms with Crippen LogP contribution in [0.5, 0.6) is 0 Å². The minimum atomic E-state index is 0.410. The Morgan fingerprint density at radius 2 is 2.24 bits per heavy atom. The van der Waals surface area contributed by atoms with Gasteiger partial charge in [0.05, 0.1) is 0 Å². The first-order valence-corrected chi connectivity index (χ1v) is 6.90. The molecule has 3 saturated heterocycles. The molecule has 0 aromatic heterocycles. The minimum absolute atomic E-state index is 0.410. The third kappa shape index (κ3) is 2.01. The van der Waals surface area contributed by atoms with E-state index in [1.807, 2.05) is 6.08 Å². The third-order valence-corrected chi connectivity index (χ3v) is 4.64. The van der Waals surface area contributed by atoms with E-state index in [1.165, 1.54) is 12.8 Å². The summed E-state index contributed by atoms with van der Waals surface area (Å²) >= 11 is 0. The summed E-state index contributed by atoms with van der Waals surface area (Å²) in [5, 5.41) is 0. The standard InChI is InChI=1S/C14H22N2O/c1-2-6-15-8-11-7-12(10-15)13-4-3-5-14(17)16(13)9-11/h2,11-13H,1,3-10H2. The summed E-state index contributed by atoms with van der Waals surface area (Å²) in [5.41, 5.74) is 0. The van der Waals surface area contributed by atoms with Crippen molar-refractivity contribution < 1.29 is 4.79 Å². The van der Waals surface area contributed by atoms with Gasteiger partial charge in [-0.05, 0) is 31.1 Å². The maximum Gasteiger partial charge on any atom is 0.222 e. The number of carbonyl (C=O) groups is 1. The van der Waals surface area contributed by atoms with Gasteiger partial charge in [0.2, 0.25) is 5.91 Å². The molecule has 0 aromatic carbocycles. The average Bonchev–Trinajstić information content (AvgIpc) is 2.31. The molecule has 0 radical (unpaired) electrons. The molecule has 3 rings (SSSR count). The molecule has 0 spiro atoms. The molecule has 1 amide bonds. The molecule has 94 valence electrons. The molecule has 0 saturated carbocycles. The molecule has 3 aliphatic rings. The minimum Gasteiger partial charge on any atom is -0.339 e. The maximum absolute atomic E-state index is 12.0. The number of nitrogens with zero attached hydrogens (tertiary/aromatic N) is 2. The maximum atomic E-state index is 12.0. The molecule has 2 bridgehead atoms. The van der Waals surface area contributed by atoms with Gasteiger partial charge in [-0.1, -0.05) is 6.08 Å². The van der Waals surface area contributed by atoms with Crippen molar-refractivity contribution in [1.82, 2.24) is 9.80 Å². The van der Waals surface area contributed by atoms with Crippen LogP contribution in [0.2, 0.25) is 0 Å². The van der Waals surface area contributed by atoms with Gasteiger partial charge in [0.1, 0.15) is 0 Å². The van der Waals surface area contributed by atoms with Crippen LogP contribution in [0, 0.1) is 11.8 Å². The number of likely N-dealkylation sites (tertiary alicyclic amines) is 1. The number of rotatable bonds is 2. The summed E-state index contributed by atoms with van der Waals surface area (Å²) in [6.45, 7) is 8.17. The summed E-state index contributed by atoms with van der Waals surface area (Å²) in [6, 6.07) is 0.542. The molecule has 3 unspecified atom stereocenters. The molecule has 0 aliphatic carbocycles. The van der Waals surface area contributed by atoms with Crippen LogP contribution in [0.3, 0.4) is 0 Å². The lowest BCUT2D eigenvalue weighted by Crippen LogP contribution is -2.60. The molecule has 3 atom stereocenters. The Morgan fingerprint density at radius 1 is 1.35 bits per heavy atom. The van der Waals surface area contributed by atoms with E-state index in [4.69, 9.17) is 0 Å². The molecular formula is C14H22N2O. The summed E-state index contributed by atoms with van der Waals surface area (Å²) in [4.78, 5) is 16.7. The summed E-state index contributed by atoms with van der Waals surface area (Å²) in [5.74, 6) is 1.83. The van der Waals surface area contributed by atoms with E-state index in [1.54, 1.807) is 0 Å². The quantitative estimate of drug-likeness (QED) is 0.676. The van der Waals surface area contributed by atoms with Crippen LogP contribution in [-0.2, 0) is 4.79 Å². The molecule has 3 heteroatoms. The Hall–Kier alpha value is -0.830. The zero-order valence-corrected chi connectivity index (χ0v) is 10.5.